The summed E-state index contributed by atoms with van der Waals surface area (Å²) in [4.78, 5) is 0. The van der Waals surface area contributed by atoms with Crippen molar-refractivity contribution >= 4 is 5.57 Å². The van der Waals surface area contributed by atoms with Crippen molar-refractivity contribution in [2.75, 3.05) is 0 Å². The van der Waals surface area contributed by atoms with Crippen LogP contribution in [0.5, 0.6) is 0 Å². The van der Waals surface area contributed by atoms with Crippen LogP contribution in [0.1, 0.15) is 17.5 Å². The van der Waals surface area contributed by atoms with Gasteiger partial charge in [0.05, 0.1) is 0 Å². The number of hydrogen-bond donors (Lipinski definition) is 0. The van der Waals surface area contributed by atoms with E-state index >= 15 is 0 Å². The van der Waals surface area contributed by atoms with Gasteiger partial charge in [0.1, 0.15) is 0 Å². The Labute approximate surface area is 233 Å². The van der Waals surface area contributed by atoms with Crippen LogP contribution in [0.15, 0.2) is 114 Å². The third kappa shape index (κ3) is 5.10. The molecule has 0 heterocycles. The molecule has 1 fully saturated rings. The van der Waals surface area contributed by atoms with Crippen molar-refractivity contribution in [2.45, 2.75) is 6.42 Å². The van der Waals surface area contributed by atoms with Gasteiger partial charge < -0.3 is 54.4 Å². The molecule has 0 aliphatic heterocycles. The summed E-state index contributed by atoms with van der Waals surface area (Å²) in [6.45, 7) is 0. The Kier molecular flexibility index (Phi) is 10.2. The number of fused-ring (bicyclic) bond motifs is 1. The van der Waals surface area contributed by atoms with E-state index in [-0.39, 0.29) is 74.2 Å². The summed E-state index contributed by atoms with van der Waals surface area (Å²) in [5.41, 5.74) is 7.09. The minimum absolute atomic E-state index is 0. The van der Waals surface area contributed by atoms with E-state index < -0.39 is 0 Å². The molecule has 0 amide bonds. The first-order valence-electron chi connectivity index (χ1n) is 9.82. The Morgan fingerprint density at radius 3 is 1.93 bits per heavy atom. The molecule has 3 unspecified atom stereocenters. The monoisotopic (exact) mass is 691 g/mol. The van der Waals surface area contributed by atoms with Crippen LogP contribution in [0.4, 0.5) is 0 Å². The maximum Gasteiger partial charge on any atom is 3.00 e. The molecule has 1 radical (unpaired) electrons. The number of halogens is 2. The summed E-state index contributed by atoms with van der Waals surface area (Å²) >= 11 is 0. The zero-order valence-corrected chi connectivity index (χ0v) is 23.4. The van der Waals surface area contributed by atoms with Gasteiger partial charge in [-0.05, 0) is 29.0 Å². The van der Waals surface area contributed by atoms with Crippen molar-refractivity contribution in [2.24, 2.45) is 17.8 Å². The van der Waals surface area contributed by atoms with Crippen molar-refractivity contribution in [1.29, 1.82) is 0 Å². The van der Waals surface area contributed by atoms with E-state index in [2.05, 4.69) is 110 Å². The van der Waals surface area contributed by atoms with Crippen LogP contribution < -0.4 is 48.0 Å². The predicted octanol–water partition coefficient (Wildman–Crippen LogP) is 0.573. The van der Waals surface area contributed by atoms with Crippen molar-refractivity contribution in [3.05, 3.63) is 132 Å². The molecule has 2 aromatic carbocycles. The minimum atomic E-state index is 0. The molecule has 3 aliphatic carbocycles. The molecular weight excluding hydrogens is 669 g/mol. The fraction of sp³-hybridized carbons (Fsp3) is 0.148. The smallest absolute Gasteiger partial charge is 1.00 e. The van der Waals surface area contributed by atoms with Crippen LogP contribution in [0.2, 0.25) is 0 Å². The second-order valence-electron chi connectivity index (χ2n) is 7.48. The van der Waals surface area contributed by atoms with Crippen molar-refractivity contribution in [3.8, 4) is 0 Å². The fourth-order valence-electron chi connectivity index (χ4n) is 4.70. The molecule has 0 saturated heterocycles. The maximum absolute atomic E-state index is 2.56. The molecule has 0 spiro atoms. The molecule has 0 bridgehead atoms. The van der Waals surface area contributed by atoms with E-state index in [0.717, 1.165) is 6.42 Å². The third-order valence-electron chi connectivity index (χ3n) is 5.90. The summed E-state index contributed by atoms with van der Waals surface area (Å²) in [5.74, 6) is 1.33. The van der Waals surface area contributed by atoms with Crippen LogP contribution in [0.25, 0.3) is 5.57 Å². The molecule has 0 N–H and O–H groups in total. The van der Waals surface area contributed by atoms with E-state index in [0.29, 0.717) is 17.8 Å². The van der Waals surface area contributed by atoms with Crippen LogP contribution >= 0.6 is 0 Å². The van der Waals surface area contributed by atoms with Gasteiger partial charge in [0.25, 0.3) is 0 Å². The summed E-state index contributed by atoms with van der Waals surface area (Å²) in [6, 6.07) is 21.8. The van der Waals surface area contributed by atoms with Crippen LogP contribution in [-0.4, -0.2) is 0 Å². The van der Waals surface area contributed by atoms with Gasteiger partial charge in [0, 0.05) is 0 Å². The molecule has 3 atom stereocenters. The quantitative estimate of drug-likeness (QED) is 0.327. The van der Waals surface area contributed by atoms with E-state index in [1.54, 1.807) is 5.57 Å². The van der Waals surface area contributed by atoms with Crippen molar-refractivity contribution in [3.63, 3.8) is 0 Å². The molecule has 2 aromatic rings. The Bertz CT molecular complexity index is 943. The first-order chi connectivity index (χ1) is 13.4. The molecule has 30 heavy (non-hydrogen) atoms. The van der Waals surface area contributed by atoms with Crippen LogP contribution in [-0.2, 0) is 26.2 Å². The Morgan fingerprint density at radius 1 is 0.767 bits per heavy atom. The predicted molar refractivity (Wildman–Crippen MR) is 114 cm³/mol. The zero-order valence-electron chi connectivity index (χ0n) is 16.6. The standard InChI is InChI=1S/C27H23.2HI.Zr/c1-3-13-21(14-4-1)26(22-15-5-2-6-16-22)27-24-18-10-9-17-23(24)19-25(27)20-11-7-8-12-20;;;/h1-11,13-19,23-25H,12H2;2*1H;/q-1;;;+3/p-2. The molecule has 3 aliphatic rings. The summed E-state index contributed by atoms with van der Waals surface area (Å²) < 4.78 is 0. The number of hydrogen-bond acceptors (Lipinski definition) is 0. The van der Waals surface area contributed by atoms with Gasteiger partial charge in [-0.1, -0.05) is 108 Å². The molecule has 5 rings (SSSR count). The number of rotatable bonds is 3. The molecule has 3 heteroatoms. The Hall–Kier alpha value is -0.517. The maximum atomic E-state index is 2.56. The van der Waals surface area contributed by atoms with Crippen LogP contribution in [0, 0.1) is 24.2 Å². The van der Waals surface area contributed by atoms with Gasteiger partial charge in [0.2, 0.25) is 0 Å². The average Bonchev–Trinajstić information content (AvgIpc) is 3.38. The van der Waals surface area contributed by atoms with Gasteiger partial charge in [-0.3, -0.25) is 0 Å². The topological polar surface area (TPSA) is 0 Å². The summed E-state index contributed by atoms with van der Waals surface area (Å²) in [7, 11) is 0. The van der Waals surface area contributed by atoms with Gasteiger partial charge in [-0.25, -0.2) is 0 Å². The average molecular weight is 693 g/mol. The number of benzene rings is 2. The summed E-state index contributed by atoms with van der Waals surface area (Å²) in [6.07, 6.45) is 19.6. The zero-order chi connectivity index (χ0) is 18.1. The normalized spacial score (nSPS) is 23.0. The molecule has 1 saturated carbocycles. The van der Waals surface area contributed by atoms with Gasteiger partial charge in [-0.2, -0.15) is 0 Å². The fourth-order valence-corrected chi connectivity index (χ4v) is 4.70. The SMILES string of the molecule is C1=CCC(C2[CH-]C3C=CC=CC3C2=C(c2ccccc2)c2ccccc2)=C1.[I-].[I-].[Zr+3]. The third-order valence-corrected chi connectivity index (χ3v) is 5.90. The van der Waals surface area contributed by atoms with Crippen LogP contribution in [0.3, 0.4) is 0 Å². The first kappa shape index (κ1) is 25.7. The van der Waals surface area contributed by atoms with Crippen molar-refractivity contribution < 1.29 is 74.2 Å². The second-order valence-corrected chi connectivity index (χ2v) is 7.48. The Balaban J connectivity index is 0.00000107. The Morgan fingerprint density at radius 2 is 1.37 bits per heavy atom. The first-order valence-corrected chi connectivity index (χ1v) is 9.82. The van der Waals surface area contributed by atoms with Gasteiger partial charge in [-0.15, -0.1) is 17.9 Å². The molecule has 149 valence electrons. The number of allylic oxidation sites excluding steroid dienone is 9. The van der Waals surface area contributed by atoms with Crippen molar-refractivity contribution in [1.82, 2.24) is 0 Å². The minimum Gasteiger partial charge on any atom is -1.00 e. The van der Waals surface area contributed by atoms with Gasteiger partial charge >= 0.3 is 26.2 Å². The largest absolute Gasteiger partial charge is 3.00 e. The molecule has 0 nitrogen and oxygen atoms in total. The van der Waals surface area contributed by atoms with E-state index in [9.17, 15) is 0 Å². The van der Waals surface area contributed by atoms with E-state index in [1.807, 2.05) is 0 Å². The second kappa shape index (κ2) is 11.9. The van der Waals surface area contributed by atoms with E-state index in [1.165, 1.54) is 22.3 Å². The van der Waals surface area contributed by atoms with Gasteiger partial charge in [0.15, 0.2) is 0 Å². The van der Waals surface area contributed by atoms with E-state index in [4.69, 9.17) is 0 Å². The summed E-state index contributed by atoms with van der Waals surface area (Å²) in [5, 5.41) is 0. The molecular formula is C27H23I2Zr. The molecule has 0 aromatic heterocycles.